The van der Waals surface area contributed by atoms with E-state index in [1.807, 2.05) is 0 Å². The summed E-state index contributed by atoms with van der Waals surface area (Å²) in [7, 11) is 0. The van der Waals surface area contributed by atoms with Crippen molar-refractivity contribution < 1.29 is 34.8 Å². The van der Waals surface area contributed by atoms with Gasteiger partial charge in [0.2, 0.25) is 0 Å². The largest absolute Gasteiger partial charge is 2.00 e. The Morgan fingerprint density at radius 2 is 1.57 bits per heavy atom. The summed E-state index contributed by atoms with van der Waals surface area (Å²) in [5.74, 6) is -5.67. The molecule has 0 bridgehead atoms. The van der Waals surface area contributed by atoms with Crippen LogP contribution in [0.5, 0.6) is 0 Å². The van der Waals surface area contributed by atoms with Crippen molar-refractivity contribution in [2.45, 2.75) is 18.4 Å². The smallest absolute Gasteiger partial charge is 0.550 e. The molecule has 1 atom stereocenters. The molecule has 0 spiro atoms. The Bertz CT molecular complexity index is 233. The molecule has 8 heteroatoms. The van der Waals surface area contributed by atoms with Crippen LogP contribution in [0.2, 0.25) is 0 Å². The summed E-state index contributed by atoms with van der Waals surface area (Å²) in [5, 5.41) is 37.2. The fourth-order valence-electron chi connectivity index (χ4n) is 0.696. The molecule has 0 amide bonds. The molecule has 14 heavy (non-hydrogen) atoms. The van der Waals surface area contributed by atoms with Gasteiger partial charge in [-0.1, -0.05) is 0 Å². The Morgan fingerprint density at radius 3 is 1.79 bits per heavy atom. The van der Waals surface area contributed by atoms with Gasteiger partial charge in [-0.2, -0.15) is 0 Å². The standard InChI is InChI=1S/C6H8O7.Be/c7-3(8)1-6(13,5(11)12)2-4(9)10;/h13H,1-2H2,(H,7,8)(H,9,10)(H,11,12);/q;+2/p-2. The van der Waals surface area contributed by atoms with Crippen LogP contribution in [0.1, 0.15) is 12.8 Å². The number of carbonyl (C=O) groups is 3. The van der Waals surface area contributed by atoms with Gasteiger partial charge in [0.25, 0.3) is 0 Å². The average molecular weight is 199 g/mol. The van der Waals surface area contributed by atoms with Crippen molar-refractivity contribution >= 4 is 28.0 Å². The molecule has 0 radical (unpaired) electrons. The Labute approximate surface area is 82.2 Å². The number of rotatable bonds is 5. The van der Waals surface area contributed by atoms with Crippen LogP contribution >= 0.6 is 0 Å². The minimum atomic E-state index is -2.91. The fraction of sp³-hybridized carbons (Fsp3) is 0.500. The van der Waals surface area contributed by atoms with E-state index in [0.717, 1.165) is 0 Å². The first-order valence-corrected chi connectivity index (χ1v) is 3.13. The van der Waals surface area contributed by atoms with E-state index in [-0.39, 0.29) is 10.1 Å². The first-order chi connectivity index (χ1) is 5.78. The molecule has 0 heterocycles. The van der Waals surface area contributed by atoms with E-state index in [4.69, 9.17) is 10.2 Å². The summed E-state index contributed by atoms with van der Waals surface area (Å²) < 4.78 is 0. The van der Waals surface area contributed by atoms with Crippen molar-refractivity contribution in [3.63, 3.8) is 0 Å². The van der Waals surface area contributed by atoms with Gasteiger partial charge in [0, 0.05) is 12.4 Å². The van der Waals surface area contributed by atoms with Gasteiger partial charge in [-0.15, -0.1) is 0 Å². The third-order valence-electron chi connectivity index (χ3n) is 1.26. The van der Waals surface area contributed by atoms with Crippen molar-refractivity contribution in [2.75, 3.05) is 0 Å². The number of carbonyl (C=O) groups excluding carboxylic acids is 2. The van der Waals surface area contributed by atoms with Crippen molar-refractivity contribution in [1.29, 1.82) is 0 Å². The Hall–Kier alpha value is -1.46. The summed E-state index contributed by atoms with van der Waals surface area (Å²) in [6, 6.07) is 0. The van der Waals surface area contributed by atoms with Crippen LogP contribution in [0.4, 0.5) is 0 Å². The van der Waals surface area contributed by atoms with Crippen LogP contribution in [0.3, 0.4) is 0 Å². The Morgan fingerprint density at radius 1 is 1.14 bits per heavy atom. The molecule has 1 unspecified atom stereocenters. The zero-order chi connectivity index (χ0) is 10.6. The van der Waals surface area contributed by atoms with Crippen LogP contribution in [-0.4, -0.2) is 43.8 Å². The first-order valence-electron chi connectivity index (χ1n) is 3.13. The topological polar surface area (TPSA) is 138 Å². The van der Waals surface area contributed by atoms with Gasteiger partial charge in [0.05, 0.1) is 12.4 Å². The van der Waals surface area contributed by atoms with Crippen LogP contribution in [0.15, 0.2) is 0 Å². The van der Waals surface area contributed by atoms with Crippen molar-refractivity contribution in [3.8, 4) is 0 Å². The van der Waals surface area contributed by atoms with Gasteiger partial charge in [0.1, 0.15) is 5.60 Å². The number of aliphatic hydroxyl groups is 1. The third kappa shape index (κ3) is 4.54. The van der Waals surface area contributed by atoms with E-state index >= 15 is 0 Å². The van der Waals surface area contributed by atoms with Crippen molar-refractivity contribution in [2.24, 2.45) is 0 Å². The summed E-state index contributed by atoms with van der Waals surface area (Å²) in [5.41, 5.74) is -2.91. The van der Waals surface area contributed by atoms with Crippen molar-refractivity contribution in [3.05, 3.63) is 0 Å². The number of carboxylic acids is 3. The van der Waals surface area contributed by atoms with Gasteiger partial charge < -0.3 is 30.0 Å². The molecule has 0 aromatic rings. The minimum absolute atomic E-state index is 0. The van der Waals surface area contributed by atoms with Crippen LogP contribution in [0, 0.1) is 0 Å². The number of hydrogen-bond acceptors (Lipinski definition) is 6. The maximum Gasteiger partial charge on any atom is 2.00 e. The molecule has 74 valence electrons. The van der Waals surface area contributed by atoms with Crippen LogP contribution in [-0.2, 0) is 14.4 Å². The molecule has 0 saturated heterocycles. The quantitative estimate of drug-likeness (QED) is 0.427. The number of carboxylic acid groups (broad SMARTS) is 3. The Kier molecular flexibility index (Phi) is 5.70. The van der Waals surface area contributed by atoms with Crippen LogP contribution in [0.25, 0.3) is 0 Å². The zero-order valence-corrected chi connectivity index (χ0v) is 7.06. The van der Waals surface area contributed by atoms with Crippen molar-refractivity contribution in [1.82, 2.24) is 0 Å². The summed E-state index contributed by atoms with van der Waals surface area (Å²) in [4.78, 5) is 30.2. The maximum absolute atomic E-state index is 10.2. The average Bonchev–Trinajstić information content (AvgIpc) is 1.82. The number of aliphatic carboxylic acids is 3. The van der Waals surface area contributed by atoms with E-state index in [1.54, 1.807) is 0 Å². The predicted octanol–water partition coefficient (Wildman–Crippen LogP) is -4.30. The van der Waals surface area contributed by atoms with Gasteiger partial charge in [-0.25, -0.2) is 0 Å². The summed E-state index contributed by atoms with van der Waals surface area (Å²) in [6.07, 6.45) is -2.56. The molecule has 0 aromatic carbocycles. The second-order valence-electron chi connectivity index (χ2n) is 2.44. The van der Waals surface area contributed by atoms with Gasteiger partial charge in [0.15, 0.2) is 0 Å². The van der Waals surface area contributed by atoms with E-state index in [1.165, 1.54) is 0 Å². The van der Waals surface area contributed by atoms with E-state index in [9.17, 15) is 24.6 Å². The van der Waals surface area contributed by atoms with Gasteiger partial charge >= 0.3 is 16.1 Å². The maximum atomic E-state index is 10.2. The molecule has 7 nitrogen and oxygen atoms in total. The number of hydrogen-bond donors (Lipinski definition) is 2. The van der Waals surface area contributed by atoms with Crippen LogP contribution < -0.4 is 10.2 Å². The van der Waals surface area contributed by atoms with E-state index < -0.39 is 36.4 Å². The summed E-state index contributed by atoms with van der Waals surface area (Å²) in [6.45, 7) is 0. The zero-order valence-electron chi connectivity index (χ0n) is 7.06. The molecular weight excluding hydrogens is 193 g/mol. The fourth-order valence-corrected chi connectivity index (χ4v) is 0.696. The third-order valence-corrected chi connectivity index (χ3v) is 1.26. The SMILES string of the molecule is O=C([O-])CC(O)(CC(=O)O)C(=O)[O-].[Be+2]. The molecular formula is C6H6BeO7. The molecule has 0 fully saturated rings. The molecule has 0 aromatic heterocycles. The monoisotopic (exact) mass is 199 g/mol. The minimum Gasteiger partial charge on any atom is -0.550 e. The summed E-state index contributed by atoms with van der Waals surface area (Å²) >= 11 is 0. The van der Waals surface area contributed by atoms with Gasteiger partial charge in [-0.05, 0) is 0 Å². The second kappa shape index (κ2) is 5.31. The molecule has 0 aliphatic carbocycles. The second-order valence-corrected chi connectivity index (χ2v) is 2.44. The molecule has 0 saturated carbocycles. The predicted molar refractivity (Wildman–Crippen MR) is 37.6 cm³/mol. The molecule has 0 rings (SSSR count). The normalized spacial score (nSPS) is 13.5. The van der Waals surface area contributed by atoms with E-state index in [2.05, 4.69) is 0 Å². The van der Waals surface area contributed by atoms with E-state index in [0.29, 0.717) is 0 Å². The molecule has 0 aliphatic heterocycles. The Balaban J connectivity index is 0. The first kappa shape index (κ1) is 15.0. The molecule has 2 N–H and O–H groups in total. The van der Waals surface area contributed by atoms with Gasteiger partial charge in [-0.3, -0.25) is 4.79 Å². The molecule has 0 aliphatic rings.